The van der Waals surface area contributed by atoms with Crippen LogP contribution in [-0.4, -0.2) is 4.57 Å². The van der Waals surface area contributed by atoms with E-state index in [1.807, 2.05) is 0 Å². The Kier molecular flexibility index (Phi) is 9.48. The average molecular weight is 943 g/mol. The molecule has 0 aliphatic heterocycles. The van der Waals surface area contributed by atoms with Crippen LogP contribution >= 0.6 is 0 Å². The number of fused-ring (bicyclic) bond motifs is 11. The van der Waals surface area contributed by atoms with Crippen LogP contribution in [0.3, 0.4) is 0 Å². The van der Waals surface area contributed by atoms with Crippen molar-refractivity contribution in [3.8, 4) is 39.1 Å². The molecule has 2 heterocycles. The van der Waals surface area contributed by atoms with Crippen LogP contribution in [0.1, 0.15) is 22.3 Å². The molecule has 12 aromatic carbocycles. The van der Waals surface area contributed by atoms with Crippen LogP contribution in [0.25, 0.3) is 93.6 Å². The summed E-state index contributed by atoms with van der Waals surface area (Å²) in [6.07, 6.45) is 0. The van der Waals surface area contributed by atoms with Crippen LogP contribution in [0.4, 0.5) is 17.1 Å². The van der Waals surface area contributed by atoms with E-state index in [-0.39, 0.29) is 0 Å². The van der Waals surface area contributed by atoms with E-state index in [0.717, 1.165) is 77.7 Å². The summed E-state index contributed by atoms with van der Waals surface area (Å²) in [6.45, 7) is 0. The van der Waals surface area contributed by atoms with Gasteiger partial charge in [0.2, 0.25) is 0 Å². The molecule has 0 N–H and O–H groups in total. The molecule has 14 aromatic rings. The first-order valence-electron chi connectivity index (χ1n) is 25.5. The molecule has 0 fully saturated rings. The predicted molar refractivity (Wildman–Crippen MR) is 308 cm³/mol. The van der Waals surface area contributed by atoms with Crippen molar-refractivity contribution in [1.29, 1.82) is 0 Å². The van der Waals surface area contributed by atoms with Crippen LogP contribution in [0.2, 0.25) is 0 Å². The maximum absolute atomic E-state index is 6.82. The van der Waals surface area contributed by atoms with Crippen molar-refractivity contribution in [2.75, 3.05) is 4.90 Å². The molecule has 0 saturated carbocycles. The molecule has 0 radical (unpaired) electrons. The van der Waals surface area contributed by atoms with E-state index in [9.17, 15) is 0 Å². The highest BCUT2D eigenvalue weighted by Gasteiger charge is 2.47. The molecule has 1 aliphatic rings. The number of rotatable bonds is 8. The van der Waals surface area contributed by atoms with Gasteiger partial charge in [0.05, 0.1) is 27.8 Å². The molecule has 74 heavy (non-hydrogen) atoms. The van der Waals surface area contributed by atoms with Crippen molar-refractivity contribution in [1.82, 2.24) is 4.57 Å². The number of nitrogens with zero attached hydrogens (tertiary/aromatic N) is 2. The second-order valence-corrected chi connectivity index (χ2v) is 19.5. The molecule has 1 aliphatic carbocycles. The van der Waals surface area contributed by atoms with Crippen LogP contribution in [0.15, 0.2) is 283 Å². The molecule has 3 nitrogen and oxygen atoms in total. The lowest BCUT2D eigenvalue weighted by Gasteiger charge is -2.34. The fourth-order valence-electron chi connectivity index (χ4n) is 12.6. The van der Waals surface area contributed by atoms with E-state index in [1.54, 1.807) is 0 Å². The topological polar surface area (TPSA) is 21.3 Å². The average Bonchev–Trinajstić information content (AvgIpc) is 4.20. The van der Waals surface area contributed by atoms with E-state index in [0.29, 0.717) is 0 Å². The van der Waals surface area contributed by atoms with Gasteiger partial charge in [-0.25, -0.2) is 0 Å². The number of aromatic nitrogens is 1. The number of benzene rings is 12. The van der Waals surface area contributed by atoms with E-state index in [4.69, 9.17) is 4.42 Å². The third-order valence-electron chi connectivity index (χ3n) is 15.7. The molecule has 0 bridgehead atoms. The largest absolute Gasteiger partial charge is 0.455 e. The summed E-state index contributed by atoms with van der Waals surface area (Å²) in [7, 11) is 0. The Morgan fingerprint density at radius 3 is 1.70 bits per heavy atom. The van der Waals surface area contributed by atoms with E-state index < -0.39 is 5.41 Å². The van der Waals surface area contributed by atoms with Gasteiger partial charge in [-0.3, -0.25) is 0 Å². The summed E-state index contributed by atoms with van der Waals surface area (Å²) in [4.78, 5) is 2.51. The molecule has 2 aromatic heterocycles. The van der Waals surface area contributed by atoms with Crippen molar-refractivity contribution in [3.63, 3.8) is 0 Å². The molecular formula is C71H46N2O. The van der Waals surface area contributed by atoms with Gasteiger partial charge in [-0.1, -0.05) is 218 Å². The van der Waals surface area contributed by atoms with Gasteiger partial charge in [-0.05, 0) is 111 Å². The minimum atomic E-state index is -0.565. The monoisotopic (exact) mass is 942 g/mol. The molecular weight excluding hydrogens is 897 g/mol. The van der Waals surface area contributed by atoms with Crippen molar-refractivity contribution in [2.45, 2.75) is 5.41 Å². The highest BCUT2D eigenvalue weighted by atomic mass is 16.3. The summed E-state index contributed by atoms with van der Waals surface area (Å²) in [5.41, 5.74) is 19.9. The third-order valence-corrected chi connectivity index (χ3v) is 15.7. The first-order valence-corrected chi connectivity index (χ1v) is 25.5. The molecule has 0 atom stereocenters. The Balaban J connectivity index is 0.961. The van der Waals surface area contributed by atoms with Gasteiger partial charge < -0.3 is 13.9 Å². The summed E-state index contributed by atoms with van der Waals surface area (Å²) in [5, 5.41) is 6.99. The zero-order valence-electron chi connectivity index (χ0n) is 40.4. The Morgan fingerprint density at radius 1 is 0.365 bits per heavy atom. The SMILES string of the molecule is c1ccc(C2(c3ccccc3)c3ccccc3-c3c(N(c4ccc(-c5cccc(-n6c7ccccc7c7ccccc76)c5)cc4)c4ccccc4-c4cccc5oc6c7ccccc7ccc6c45)cccc32)cc1. The van der Waals surface area contributed by atoms with Gasteiger partial charge in [0.25, 0.3) is 0 Å². The first kappa shape index (κ1) is 42.0. The van der Waals surface area contributed by atoms with E-state index >= 15 is 0 Å². The number of furan rings is 1. The first-order chi connectivity index (χ1) is 36.7. The van der Waals surface area contributed by atoms with E-state index in [2.05, 4.69) is 289 Å². The van der Waals surface area contributed by atoms with Crippen molar-refractivity contribution in [3.05, 3.63) is 301 Å². The van der Waals surface area contributed by atoms with Crippen molar-refractivity contribution >= 4 is 71.6 Å². The normalized spacial score (nSPS) is 12.7. The van der Waals surface area contributed by atoms with Crippen molar-refractivity contribution < 1.29 is 4.42 Å². The van der Waals surface area contributed by atoms with Gasteiger partial charge >= 0.3 is 0 Å². The van der Waals surface area contributed by atoms with Gasteiger partial charge in [0.1, 0.15) is 11.2 Å². The maximum atomic E-state index is 6.82. The summed E-state index contributed by atoms with van der Waals surface area (Å²) < 4.78 is 9.21. The zero-order valence-corrected chi connectivity index (χ0v) is 40.4. The minimum Gasteiger partial charge on any atom is -0.455 e. The molecule has 15 rings (SSSR count). The zero-order chi connectivity index (χ0) is 48.7. The van der Waals surface area contributed by atoms with E-state index in [1.165, 1.54) is 55.2 Å². The molecule has 0 spiro atoms. The summed E-state index contributed by atoms with van der Waals surface area (Å²) in [6, 6.07) is 102. The van der Waals surface area contributed by atoms with Crippen LogP contribution in [-0.2, 0) is 5.41 Å². The lowest BCUT2D eigenvalue weighted by atomic mass is 9.68. The summed E-state index contributed by atoms with van der Waals surface area (Å²) in [5.74, 6) is 0. The highest BCUT2D eigenvalue weighted by Crippen LogP contribution is 2.60. The van der Waals surface area contributed by atoms with Crippen molar-refractivity contribution in [2.24, 2.45) is 0 Å². The molecule has 3 heteroatoms. The molecule has 0 saturated heterocycles. The fraction of sp³-hybridized carbons (Fsp3) is 0.0141. The number of para-hydroxylation sites is 3. The Labute approximate surface area is 429 Å². The Bertz CT molecular complexity index is 4390. The quantitative estimate of drug-likeness (QED) is 0.151. The second-order valence-electron chi connectivity index (χ2n) is 19.5. The fourth-order valence-corrected chi connectivity index (χ4v) is 12.6. The number of anilines is 3. The standard InChI is InChI=1S/C71H46N2O/c1-3-22-50(23-4-1)71(51-24-5-2-6-25-51)61-33-13-9-31-59(61)69-62(71)34-19-38-66(69)72(65-37-16-12-30-57(65)58-32-18-39-67-68(58)60-45-42-48-20-7-8-27-54(48)70(60)74-67)52-43-40-47(41-44-52)49-21-17-26-53(46-49)73-63-35-14-10-28-55(63)56-29-11-15-36-64(56)73/h1-46H. The molecule has 346 valence electrons. The van der Waals surface area contributed by atoms with Crippen LogP contribution in [0, 0.1) is 0 Å². The van der Waals surface area contributed by atoms with Gasteiger partial charge in [0.15, 0.2) is 0 Å². The second kappa shape index (κ2) is 16.7. The summed E-state index contributed by atoms with van der Waals surface area (Å²) >= 11 is 0. The maximum Gasteiger partial charge on any atom is 0.143 e. The van der Waals surface area contributed by atoms with Crippen LogP contribution < -0.4 is 4.90 Å². The lowest BCUT2D eigenvalue weighted by molar-refractivity contribution is 0.673. The molecule has 0 unspecified atom stereocenters. The lowest BCUT2D eigenvalue weighted by Crippen LogP contribution is -2.28. The number of hydrogen-bond donors (Lipinski definition) is 0. The van der Waals surface area contributed by atoms with Gasteiger partial charge in [-0.2, -0.15) is 0 Å². The minimum absolute atomic E-state index is 0.565. The third kappa shape index (κ3) is 6.20. The Morgan fingerprint density at radius 2 is 0.946 bits per heavy atom. The smallest absolute Gasteiger partial charge is 0.143 e. The predicted octanol–water partition coefficient (Wildman–Crippen LogP) is 19.0. The number of hydrogen-bond acceptors (Lipinski definition) is 2. The van der Waals surface area contributed by atoms with Gasteiger partial charge in [0, 0.05) is 49.4 Å². The highest BCUT2D eigenvalue weighted by molar-refractivity contribution is 6.20. The van der Waals surface area contributed by atoms with Crippen LogP contribution in [0.5, 0.6) is 0 Å². The molecule has 0 amide bonds. The Hall–Kier alpha value is -9.70. The van der Waals surface area contributed by atoms with Gasteiger partial charge in [-0.15, -0.1) is 0 Å².